The van der Waals surface area contributed by atoms with Crippen molar-refractivity contribution in [2.24, 2.45) is 0 Å². The average Bonchev–Trinajstić information content (AvgIpc) is 3.45. The first-order valence-corrected chi connectivity index (χ1v) is 9.03. The highest BCUT2D eigenvalue weighted by atomic mass is 19.4. The topological polar surface area (TPSA) is 54.9 Å². The van der Waals surface area contributed by atoms with E-state index < -0.39 is 11.9 Å². The summed E-state index contributed by atoms with van der Waals surface area (Å²) in [6.45, 7) is 1.92. The van der Waals surface area contributed by atoms with Gasteiger partial charge in [0.15, 0.2) is 0 Å². The van der Waals surface area contributed by atoms with E-state index in [0.717, 1.165) is 40.9 Å². The fraction of sp³-hybridized carbons (Fsp3) is 0.286. The summed E-state index contributed by atoms with van der Waals surface area (Å²) >= 11 is 0. The average molecular weight is 385 g/mol. The molecule has 0 aliphatic heterocycles. The lowest BCUT2D eigenvalue weighted by molar-refractivity contribution is -0.141. The van der Waals surface area contributed by atoms with Gasteiger partial charge in [0.1, 0.15) is 5.69 Å². The molecule has 4 nitrogen and oxygen atoms in total. The van der Waals surface area contributed by atoms with E-state index in [0.29, 0.717) is 23.7 Å². The Kier molecular flexibility index (Phi) is 4.53. The number of hydrogen-bond acceptors (Lipinski definition) is 3. The van der Waals surface area contributed by atoms with Crippen molar-refractivity contribution >= 4 is 16.8 Å². The molecule has 1 saturated carbocycles. The van der Waals surface area contributed by atoms with Crippen LogP contribution in [0.2, 0.25) is 0 Å². The summed E-state index contributed by atoms with van der Waals surface area (Å²) < 4.78 is 38.1. The van der Waals surface area contributed by atoms with Gasteiger partial charge in [-0.3, -0.25) is 9.78 Å². The molecule has 1 fully saturated rings. The lowest BCUT2D eigenvalue weighted by Gasteiger charge is -2.10. The van der Waals surface area contributed by atoms with Crippen LogP contribution in [0.1, 0.15) is 29.7 Å². The van der Waals surface area contributed by atoms with Crippen LogP contribution in [0.3, 0.4) is 0 Å². The molecule has 1 aromatic carbocycles. The number of nitrogens with zero attached hydrogens (tertiary/aromatic N) is 2. The fourth-order valence-electron chi connectivity index (χ4n) is 3.10. The van der Waals surface area contributed by atoms with Gasteiger partial charge in [-0.2, -0.15) is 13.2 Å². The zero-order chi connectivity index (χ0) is 19.9. The zero-order valence-corrected chi connectivity index (χ0v) is 15.2. The first-order valence-electron chi connectivity index (χ1n) is 9.03. The number of carbonyl (C=O) groups excluding carboxylic acids is 1. The van der Waals surface area contributed by atoms with Gasteiger partial charge < -0.3 is 5.32 Å². The highest BCUT2D eigenvalue weighted by Crippen LogP contribution is 2.30. The Morgan fingerprint density at radius 2 is 1.96 bits per heavy atom. The predicted molar refractivity (Wildman–Crippen MR) is 99.6 cm³/mol. The van der Waals surface area contributed by atoms with Crippen LogP contribution in [0.15, 0.2) is 42.6 Å². The van der Waals surface area contributed by atoms with Gasteiger partial charge in [-0.25, -0.2) is 4.98 Å². The molecule has 4 rings (SSSR count). The summed E-state index contributed by atoms with van der Waals surface area (Å²) in [5.74, 6) is 0.0138. The number of halogens is 3. The van der Waals surface area contributed by atoms with Crippen molar-refractivity contribution in [1.82, 2.24) is 15.3 Å². The van der Waals surface area contributed by atoms with Crippen molar-refractivity contribution in [3.05, 3.63) is 59.4 Å². The molecule has 1 N–H and O–H groups in total. The van der Waals surface area contributed by atoms with E-state index in [1.807, 2.05) is 31.2 Å². The Labute approximate surface area is 159 Å². The van der Waals surface area contributed by atoms with E-state index in [1.54, 1.807) is 0 Å². The van der Waals surface area contributed by atoms with Crippen LogP contribution in [0, 0.1) is 6.92 Å². The van der Waals surface area contributed by atoms with Gasteiger partial charge in [-0.15, -0.1) is 0 Å². The quantitative estimate of drug-likeness (QED) is 0.722. The van der Waals surface area contributed by atoms with E-state index in [4.69, 9.17) is 0 Å². The van der Waals surface area contributed by atoms with Gasteiger partial charge in [0, 0.05) is 23.2 Å². The zero-order valence-electron chi connectivity index (χ0n) is 15.2. The first-order chi connectivity index (χ1) is 13.3. The number of nitrogens with one attached hydrogen (secondary N) is 1. The minimum Gasteiger partial charge on any atom is -0.353 e. The molecule has 7 heteroatoms. The molecule has 0 bridgehead atoms. The summed E-state index contributed by atoms with van der Waals surface area (Å²) in [4.78, 5) is 20.1. The third-order valence-corrected chi connectivity index (χ3v) is 4.74. The van der Waals surface area contributed by atoms with Gasteiger partial charge in [-0.05, 0) is 61.2 Å². The van der Waals surface area contributed by atoms with Crippen LogP contribution < -0.4 is 5.32 Å². The predicted octanol–water partition coefficient (Wildman–Crippen LogP) is 4.45. The molecular weight excluding hydrogens is 367 g/mol. The van der Waals surface area contributed by atoms with E-state index in [1.165, 1.54) is 12.3 Å². The third kappa shape index (κ3) is 3.98. The smallest absolute Gasteiger partial charge is 0.353 e. The lowest BCUT2D eigenvalue weighted by atomic mass is 10.0. The number of benzene rings is 1. The summed E-state index contributed by atoms with van der Waals surface area (Å²) in [6, 6.07) is 10.1. The van der Waals surface area contributed by atoms with Gasteiger partial charge >= 0.3 is 6.18 Å². The molecule has 1 aliphatic rings. The molecule has 144 valence electrons. The summed E-state index contributed by atoms with van der Waals surface area (Å²) in [5, 5.41) is 3.89. The van der Waals surface area contributed by atoms with Crippen molar-refractivity contribution < 1.29 is 18.0 Å². The van der Waals surface area contributed by atoms with Crippen LogP contribution in [-0.2, 0) is 17.4 Å². The molecule has 0 atom stereocenters. The van der Waals surface area contributed by atoms with Crippen LogP contribution in [0.5, 0.6) is 0 Å². The Hall–Kier alpha value is -2.96. The first kappa shape index (κ1) is 18.4. The molecule has 0 radical (unpaired) electrons. The van der Waals surface area contributed by atoms with Gasteiger partial charge in [-0.1, -0.05) is 6.07 Å². The van der Waals surface area contributed by atoms with Gasteiger partial charge in [0.05, 0.1) is 17.6 Å². The number of hydrogen-bond donors (Lipinski definition) is 1. The molecular formula is C21H18F3N3O. The van der Waals surface area contributed by atoms with Gasteiger partial charge in [0.25, 0.3) is 0 Å². The number of aryl methyl sites for hydroxylation is 1. The van der Waals surface area contributed by atoms with E-state index >= 15 is 0 Å². The minimum absolute atomic E-state index is 0.0138. The minimum atomic E-state index is -4.46. The summed E-state index contributed by atoms with van der Waals surface area (Å²) in [6.07, 6.45) is -0.862. The van der Waals surface area contributed by atoms with Gasteiger partial charge in [0.2, 0.25) is 5.91 Å². The van der Waals surface area contributed by atoms with Crippen LogP contribution in [0.4, 0.5) is 13.2 Å². The largest absolute Gasteiger partial charge is 0.433 e. The molecule has 0 unspecified atom stereocenters. The number of alkyl halides is 3. The second-order valence-electron chi connectivity index (χ2n) is 7.12. The molecule has 0 saturated heterocycles. The monoisotopic (exact) mass is 385 g/mol. The highest BCUT2D eigenvalue weighted by Gasteiger charge is 2.32. The number of rotatable bonds is 4. The van der Waals surface area contributed by atoms with E-state index in [9.17, 15) is 18.0 Å². The summed E-state index contributed by atoms with van der Waals surface area (Å²) in [5.41, 5.74) is 2.71. The second-order valence-corrected chi connectivity index (χ2v) is 7.12. The maximum absolute atomic E-state index is 12.7. The van der Waals surface area contributed by atoms with Crippen molar-refractivity contribution in [1.29, 1.82) is 0 Å². The molecule has 28 heavy (non-hydrogen) atoms. The Balaban J connectivity index is 1.61. The van der Waals surface area contributed by atoms with E-state index in [-0.39, 0.29) is 5.91 Å². The number of carbonyl (C=O) groups is 1. The molecule has 1 aliphatic carbocycles. The van der Waals surface area contributed by atoms with Crippen molar-refractivity contribution in [2.45, 2.75) is 38.4 Å². The Morgan fingerprint density at radius 1 is 1.18 bits per heavy atom. The van der Waals surface area contributed by atoms with E-state index in [2.05, 4.69) is 15.3 Å². The standard InChI is InChI=1S/C21H18F3N3O/c1-12-8-18(14-3-7-19(25-11-14)21(22,23)24)27-17-6-2-13(9-16(12)17)10-20(28)26-15-4-5-15/h2-3,6-9,11,15H,4-5,10H2,1H3,(H,26,28). The SMILES string of the molecule is Cc1cc(-c2ccc(C(F)(F)F)nc2)nc2ccc(CC(=O)NC3CC3)cc12. The molecule has 3 aromatic rings. The fourth-order valence-corrected chi connectivity index (χ4v) is 3.10. The van der Waals surface area contributed by atoms with Crippen LogP contribution in [0.25, 0.3) is 22.2 Å². The second kappa shape index (κ2) is 6.89. The Morgan fingerprint density at radius 3 is 2.61 bits per heavy atom. The maximum Gasteiger partial charge on any atom is 0.433 e. The number of aromatic nitrogens is 2. The third-order valence-electron chi connectivity index (χ3n) is 4.74. The highest BCUT2D eigenvalue weighted by molar-refractivity contribution is 5.87. The number of pyridine rings is 2. The molecule has 0 spiro atoms. The van der Waals surface area contributed by atoms with Crippen molar-refractivity contribution in [3.63, 3.8) is 0 Å². The van der Waals surface area contributed by atoms with Crippen LogP contribution in [-0.4, -0.2) is 21.9 Å². The van der Waals surface area contributed by atoms with Crippen molar-refractivity contribution in [2.75, 3.05) is 0 Å². The summed E-state index contributed by atoms with van der Waals surface area (Å²) in [7, 11) is 0. The Bertz CT molecular complexity index is 1040. The normalized spacial score (nSPS) is 14.3. The number of fused-ring (bicyclic) bond motifs is 1. The molecule has 1 amide bonds. The van der Waals surface area contributed by atoms with Crippen molar-refractivity contribution in [3.8, 4) is 11.3 Å². The number of amides is 1. The maximum atomic E-state index is 12.7. The lowest BCUT2D eigenvalue weighted by Crippen LogP contribution is -2.26. The van der Waals surface area contributed by atoms with Crippen LogP contribution >= 0.6 is 0 Å². The molecule has 2 aromatic heterocycles. The molecule has 2 heterocycles.